The molecule has 0 spiro atoms. The second kappa shape index (κ2) is 7.96. The van der Waals surface area contributed by atoms with Gasteiger partial charge in [0.25, 0.3) is 0 Å². The van der Waals surface area contributed by atoms with E-state index in [4.69, 9.17) is 9.47 Å². The van der Waals surface area contributed by atoms with E-state index in [9.17, 15) is 4.79 Å². The second-order valence-corrected chi connectivity index (χ2v) is 6.02. The van der Waals surface area contributed by atoms with Crippen LogP contribution in [-0.4, -0.2) is 41.7 Å². The van der Waals surface area contributed by atoms with E-state index in [1.807, 2.05) is 25.1 Å². The third-order valence-corrected chi connectivity index (χ3v) is 4.17. The lowest BCUT2D eigenvalue weighted by atomic mass is 10.1. The van der Waals surface area contributed by atoms with Crippen LogP contribution >= 0.6 is 0 Å². The number of hydrogen-bond acceptors (Lipinski definition) is 6. The van der Waals surface area contributed by atoms with Crippen molar-refractivity contribution in [3.8, 4) is 5.88 Å². The normalized spacial score (nSPS) is 15.0. The van der Waals surface area contributed by atoms with Crippen LogP contribution in [0, 0.1) is 6.92 Å². The van der Waals surface area contributed by atoms with Crippen LogP contribution in [0.25, 0.3) is 0 Å². The molecular formula is C19H23N3O3. The molecule has 0 saturated carbocycles. The molecule has 2 aromatic rings. The standard InChI is InChI=1S/C19H23N3O3/c1-3-24-19(23)16-7-5-11-20-18(16)22-12-9-15(10-13-22)25-17-8-4-6-14(2)21-17/h4-8,11,15H,3,9-10,12-13H2,1-2H3. The Morgan fingerprint density at radius 2 is 2.04 bits per heavy atom. The van der Waals surface area contributed by atoms with E-state index in [1.165, 1.54) is 0 Å². The summed E-state index contributed by atoms with van der Waals surface area (Å²) < 4.78 is 11.1. The predicted molar refractivity (Wildman–Crippen MR) is 95.0 cm³/mol. The van der Waals surface area contributed by atoms with Crippen molar-refractivity contribution >= 4 is 11.8 Å². The molecule has 132 valence electrons. The Morgan fingerprint density at radius 3 is 2.76 bits per heavy atom. The van der Waals surface area contributed by atoms with Gasteiger partial charge in [-0.3, -0.25) is 0 Å². The van der Waals surface area contributed by atoms with Crippen LogP contribution < -0.4 is 9.64 Å². The number of rotatable bonds is 5. The van der Waals surface area contributed by atoms with Crippen molar-refractivity contribution in [2.75, 3.05) is 24.6 Å². The van der Waals surface area contributed by atoms with Crippen LogP contribution in [0.5, 0.6) is 5.88 Å². The van der Waals surface area contributed by atoms with Gasteiger partial charge in [-0.2, -0.15) is 0 Å². The fourth-order valence-electron chi connectivity index (χ4n) is 2.96. The Balaban J connectivity index is 1.64. The van der Waals surface area contributed by atoms with Gasteiger partial charge in [0.2, 0.25) is 5.88 Å². The highest BCUT2D eigenvalue weighted by atomic mass is 16.5. The molecule has 2 aromatic heterocycles. The molecule has 1 aliphatic heterocycles. The van der Waals surface area contributed by atoms with Crippen molar-refractivity contribution in [1.29, 1.82) is 0 Å². The van der Waals surface area contributed by atoms with Crippen LogP contribution in [0.1, 0.15) is 35.8 Å². The summed E-state index contributed by atoms with van der Waals surface area (Å²) in [6.45, 7) is 5.66. The number of ether oxygens (including phenoxy) is 2. The topological polar surface area (TPSA) is 64.5 Å². The lowest BCUT2D eigenvalue weighted by Crippen LogP contribution is -2.39. The molecule has 6 heteroatoms. The minimum atomic E-state index is -0.326. The zero-order chi connectivity index (χ0) is 17.6. The van der Waals surface area contributed by atoms with Crippen LogP contribution in [-0.2, 0) is 4.74 Å². The van der Waals surface area contributed by atoms with Gasteiger partial charge in [0.05, 0.1) is 6.61 Å². The predicted octanol–water partition coefficient (Wildman–Crippen LogP) is 3.01. The molecule has 0 radical (unpaired) electrons. The molecule has 0 unspecified atom stereocenters. The molecule has 0 aromatic carbocycles. The largest absolute Gasteiger partial charge is 0.474 e. The lowest BCUT2D eigenvalue weighted by Gasteiger charge is -2.33. The van der Waals surface area contributed by atoms with Crippen molar-refractivity contribution < 1.29 is 14.3 Å². The molecule has 3 heterocycles. The minimum absolute atomic E-state index is 0.125. The Kier molecular flexibility index (Phi) is 5.48. The van der Waals surface area contributed by atoms with Crippen molar-refractivity contribution in [3.63, 3.8) is 0 Å². The average molecular weight is 341 g/mol. The second-order valence-electron chi connectivity index (χ2n) is 6.02. The molecule has 1 aliphatic rings. The van der Waals surface area contributed by atoms with Gasteiger partial charge in [0.15, 0.2) is 0 Å². The fraction of sp³-hybridized carbons (Fsp3) is 0.421. The van der Waals surface area contributed by atoms with Crippen LogP contribution in [0.2, 0.25) is 0 Å². The van der Waals surface area contributed by atoms with Gasteiger partial charge in [0.1, 0.15) is 17.5 Å². The van der Waals surface area contributed by atoms with Crippen LogP contribution in [0.3, 0.4) is 0 Å². The highest BCUT2D eigenvalue weighted by Crippen LogP contribution is 2.24. The Bertz CT molecular complexity index is 727. The van der Waals surface area contributed by atoms with Gasteiger partial charge in [-0.15, -0.1) is 0 Å². The first-order chi connectivity index (χ1) is 12.2. The zero-order valence-corrected chi connectivity index (χ0v) is 14.6. The molecule has 0 aliphatic carbocycles. The molecule has 1 fully saturated rings. The molecule has 25 heavy (non-hydrogen) atoms. The highest BCUT2D eigenvalue weighted by molar-refractivity contribution is 5.94. The van der Waals surface area contributed by atoms with Gasteiger partial charge >= 0.3 is 5.97 Å². The van der Waals surface area contributed by atoms with Gasteiger partial charge in [0, 0.05) is 43.9 Å². The number of carbonyl (C=O) groups excluding carboxylic acids is 1. The molecular weight excluding hydrogens is 318 g/mol. The molecule has 6 nitrogen and oxygen atoms in total. The number of aryl methyl sites for hydroxylation is 1. The Morgan fingerprint density at radius 1 is 1.24 bits per heavy atom. The van der Waals surface area contributed by atoms with Gasteiger partial charge < -0.3 is 14.4 Å². The van der Waals surface area contributed by atoms with E-state index in [2.05, 4.69) is 14.9 Å². The lowest BCUT2D eigenvalue weighted by molar-refractivity contribution is 0.0526. The summed E-state index contributed by atoms with van der Waals surface area (Å²) in [6, 6.07) is 9.31. The molecule has 0 N–H and O–H groups in total. The summed E-state index contributed by atoms with van der Waals surface area (Å²) >= 11 is 0. The fourth-order valence-corrected chi connectivity index (χ4v) is 2.96. The molecule has 1 saturated heterocycles. The van der Waals surface area contributed by atoms with Crippen molar-refractivity contribution in [1.82, 2.24) is 9.97 Å². The Hall–Kier alpha value is -2.63. The number of carbonyl (C=O) groups is 1. The number of esters is 1. The summed E-state index contributed by atoms with van der Waals surface area (Å²) in [5.41, 5.74) is 1.46. The monoisotopic (exact) mass is 341 g/mol. The summed E-state index contributed by atoms with van der Waals surface area (Å²) in [4.78, 5) is 23.0. The number of hydrogen-bond donors (Lipinski definition) is 0. The van der Waals surface area contributed by atoms with Crippen molar-refractivity contribution in [2.45, 2.75) is 32.8 Å². The van der Waals surface area contributed by atoms with Gasteiger partial charge in [-0.25, -0.2) is 14.8 Å². The molecule has 3 rings (SSSR count). The first-order valence-electron chi connectivity index (χ1n) is 8.64. The average Bonchev–Trinajstić information content (AvgIpc) is 2.63. The van der Waals surface area contributed by atoms with Crippen LogP contribution in [0.15, 0.2) is 36.5 Å². The van der Waals surface area contributed by atoms with Crippen molar-refractivity contribution in [2.24, 2.45) is 0 Å². The van der Waals surface area contributed by atoms with E-state index in [0.29, 0.717) is 23.9 Å². The van der Waals surface area contributed by atoms with Crippen LogP contribution in [0.4, 0.5) is 5.82 Å². The number of piperidine rings is 1. The Labute approximate surface area is 147 Å². The minimum Gasteiger partial charge on any atom is -0.474 e. The smallest absolute Gasteiger partial charge is 0.341 e. The molecule has 0 atom stereocenters. The third kappa shape index (κ3) is 4.26. The van der Waals surface area contributed by atoms with E-state index < -0.39 is 0 Å². The van der Waals surface area contributed by atoms with Gasteiger partial charge in [-0.1, -0.05) is 6.07 Å². The maximum atomic E-state index is 12.1. The third-order valence-electron chi connectivity index (χ3n) is 4.17. The molecule has 0 amide bonds. The van der Waals surface area contributed by atoms with E-state index in [0.717, 1.165) is 31.6 Å². The summed E-state index contributed by atoms with van der Waals surface area (Å²) in [7, 11) is 0. The number of pyridine rings is 2. The summed E-state index contributed by atoms with van der Waals surface area (Å²) in [5.74, 6) is 1.03. The summed E-state index contributed by atoms with van der Waals surface area (Å²) in [6.07, 6.45) is 3.54. The number of anilines is 1. The van der Waals surface area contributed by atoms with E-state index >= 15 is 0 Å². The van der Waals surface area contributed by atoms with E-state index in [1.54, 1.807) is 25.3 Å². The quantitative estimate of drug-likeness (QED) is 0.779. The van der Waals surface area contributed by atoms with Crippen molar-refractivity contribution in [3.05, 3.63) is 47.8 Å². The SMILES string of the molecule is CCOC(=O)c1cccnc1N1CCC(Oc2cccc(C)n2)CC1. The van der Waals surface area contributed by atoms with E-state index in [-0.39, 0.29) is 12.1 Å². The highest BCUT2D eigenvalue weighted by Gasteiger charge is 2.25. The van der Waals surface area contributed by atoms with Gasteiger partial charge in [-0.05, 0) is 32.0 Å². The first-order valence-corrected chi connectivity index (χ1v) is 8.64. The number of aromatic nitrogens is 2. The maximum Gasteiger partial charge on any atom is 0.341 e. The maximum absolute atomic E-state index is 12.1. The number of nitrogens with zero attached hydrogens (tertiary/aromatic N) is 3. The molecule has 0 bridgehead atoms. The summed E-state index contributed by atoms with van der Waals surface area (Å²) in [5, 5.41) is 0. The zero-order valence-electron chi connectivity index (χ0n) is 14.6. The first kappa shape index (κ1) is 17.2.